The fourth-order valence-corrected chi connectivity index (χ4v) is 1.77. The lowest BCUT2D eigenvalue weighted by molar-refractivity contribution is -0.136. The zero-order chi connectivity index (χ0) is 13.0. The number of likely N-dealkylation sites (N-methyl/N-ethyl adjacent to an activating group) is 1. The number of nitrogens with zero attached hydrogens (tertiary/aromatic N) is 2. The van der Waals surface area contributed by atoms with Crippen molar-refractivity contribution < 1.29 is 14.6 Å². The molecule has 1 N–H and O–H groups in total. The molecule has 98 valence electrons. The molecule has 0 spiro atoms. The molecule has 0 aromatic carbocycles. The van der Waals surface area contributed by atoms with Crippen LogP contribution in [0.15, 0.2) is 18.3 Å². The van der Waals surface area contributed by atoms with Gasteiger partial charge < -0.3 is 14.7 Å². The second-order valence-electron chi connectivity index (χ2n) is 4.64. The number of hydrogen-bond donors (Lipinski definition) is 1. The highest BCUT2D eigenvalue weighted by molar-refractivity contribution is 5.69. The Labute approximate surface area is 106 Å². The standard InChI is InChI=1S/C13H18N2O3/c1-15(11-3-4-11)6-7-18-12-5-2-10(9-14-12)8-13(16)17/h2,5,9,11H,3-4,6-8H2,1H3,(H,16,17). The average Bonchev–Trinajstić information content (AvgIpc) is 3.14. The average molecular weight is 250 g/mol. The van der Waals surface area contributed by atoms with Gasteiger partial charge in [-0.05, 0) is 25.5 Å². The van der Waals surface area contributed by atoms with Gasteiger partial charge in [-0.3, -0.25) is 4.79 Å². The first-order chi connectivity index (χ1) is 8.65. The lowest BCUT2D eigenvalue weighted by Crippen LogP contribution is -2.26. The zero-order valence-corrected chi connectivity index (χ0v) is 10.5. The van der Waals surface area contributed by atoms with Crippen molar-refractivity contribution in [2.24, 2.45) is 0 Å². The number of rotatable bonds is 7. The Kier molecular flexibility index (Phi) is 4.15. The number of carbonyl (C=O) groups is 1. The fraction of sp³-hybridized carbons (Fsp3) is 0.538. The topological polar surface area (TPSA) is 62.7 Å². The normalized spacial score (nSPS) is 14.8. The quantitative estimate of drug-likeness (QED) is 0.787. The Morgan fingerprint density at radius 3 is 2.89 bits per heavy atom. The van der Waals surface area contributed by atoms with E-state index in [2.05, 4.69) is 16.9 Å². The predicted octanol–water partition coefficient (Wildman–Crippen LogP) is 1.18. The van der Waals surface area contributed by atoms with Crippen molar-refractivity contribution in [3.63, 3.8) is 0 Å². The highest BCUT2D eigenvalue weighted by atomic mass is 16.5. The van der Waals surface area contributed by atoms with Crippen molar-refractivity contribution in [3.05, 3.63) is 23.9 Å². The molecule has 1 saturated carbocycles. The minimum absolute atomic E-state index is 0.00228. The van der Waals surface area contributed by atoms with E-state index < -0.39 is 5.97 Å². The second-order valence-corrected chi connectivity index (χ2v) is 4.64. The van der Waals surface area contributed by atoms with Gasteiger partial charge >= 0.3 is 5.97 Å². The van der Waals surface area contributed by atoms with E-state index in [1.807, 2.05) is 0 Å². The molecule has 1 aliphatic rings. The highest BCUT2D eigenvalue weighted by Crippen LogP contribution is 2.24. The van der Waals surface area contributed by atoms with Crippen molar-refractivity contribution >= 4 is 5.97 Å². The van der Waals surface area contributed by atoms with Gasteiger partial charge in [-0.2, -0.15) is 0 Å². The van der Waals surface area contributed by atoms with E-state index in [0.717, 1.165) is 12.6 Å². The molecule has 0 aliphatic heterocycles. The molecule has 1 fully saturated rings. The van der Waals surface area contributed by atoms with Crippen LogP contribution in [0.2, 0.25) is 0 Å². The molecular formula is C13H18N2O3. The first-order valence-corrected chi connectivity index (χ1v) is 6.15. The molecule has 18 heavy (non-hydrogen) atoms. The fourth-order valence-electron chi connectivity index (χ4n) is 1.77. The van der Waals surface area contributed by atoms with E-state index >= 15 is 0 Å². The Morgan fingerprint density at radius 2 is 2.33 bits per heavy atom. The third kappa shape index (κ3) is 4.00. The monoisotopic (exact) mass is 250 g/mol. The summed E-state index contributed by atoms with van der Waals surface area (Å²) in [4.78, 5) is 16.9. The maximum Gasteiger partial charge on any atom is 0.307 e. The van der Waals surface area contributed by atoms with Gasteiger partial charge in [0.2, 0.25) is 5.88 Å². The number of carboxylic acids is 1. The van der Waals surface area contributed by atoms with Gasteiger partial charge in [0.15, 0.2) is 0 Å². The maximum absolute atomic E-state index is 10.5. The minimum atomic E-state index is -0.850. The predicted molar refractivity (Wildman–Crippen MR) is 66.7 cm³/mol. The molecule has 0 atom stereocenters. The molecule has 0 amide bonds. The summed E-state index contributed by atoms with van der Waals surface area (Å²) in [7, 11) is 2.10. The van der Waals surface area contributed by atoms with Crippen molar-refractivity contribution in [1.29, 1.82) is 0 Å². The van der Waals surface area contributed by atoms with Crippen LogP contribution in [0.4, 0.5) is 0 Å². The Hall–Kier alpha value is -1.62. The van der Waals surface area contributed by atoms with Gasteiger partial charge in [-0.25, -0.2) is 4.98 Å². The van der Waals surface area contributed by atoms with Crippen molar-refractivity contribution in [2.45, 2.75) is 25.3 Å². The van der Waals surface area contributed by atoms with Gasteiger partial charge in [0, 0.05) is 24.8 Å². The Balaban J connectivity index is 1.73. The summed E-state index contributed by atoms with van der Waals surface area (Å²) in [5, 5.41) is 8.63. The molecule has 5 heteroatoms. The number of ether oxygens (including phenoxy) is 1. The zero-order valence-electron chi connectivity index (χ0n) is 10.5. The molecule has 1 heterocycles. The molecule has 0 radical (unpaired) electrons. The summed E-state index contributed by atoms with van der Waals surface area (Å²) < 4.78 is 5.51. The summed E-state index contributed by atoms with van der Waals surface area (Å²) in [6.45, 7) is 1.50. The summed E-state index contributed by atoms with van der Waals surface area (Å²) in [6, 6.07) is 4.19. The van der Waals surface area contributed by atoms with Crippen LogP contribution in [-0.2, 0) is 11.2 Å². The van der Waals surface area contributed by atoms with Crippen molar-refractivity contribution in [2.75, 3.05) is 20.2 Å². The molecule has 1 aromatic heterocycles. The summed E-state index contributed by atoms with van der Waals surface area (Å²) in [6.07, 6.45) is 4.13. The van der Waals surface area contributed by atoms with Crippen LogP contribution < -0.4 is 4.74 Å². The number of hydrogen-bond acceptors (Lipinski definition) is 4. The first-order valence-electron chi connectivity index (χ1n) is 6.15. The SMILES string of the molecule is CN(CCOc1ccc(CC(=O)O)cn1)C1CC1. The third-order valence-corrected chi connectivity index (χ3v) is 3.02. The van der Waals surface area contributed by atoms with Gasteiger partial charge in [-0.1, -0.05) is 6.07 Å². The first kappa shape index (κ1) is 12.8. The lowest BCUT2D eigenvalue weighted by atomic mass is 10.2. The number of aromatic nitrogens is 1. The van der Waals surface area contributed by atoms with Crippen LogP contribution in [0.3, 0.4) is 0 Å². The minimum Gasteiger partial charge on any atom is -0.481 e. The van der Waals surface area contributed by atoms with E-state index in [1.54, 1.807) is 18.3 Å². The molecule has 0 unspecified atom stereocenters. The van der Waals surface area contributed by atoms with E-state index in [1.165, 1.54) is 12.8 Å². The molecule has 0 bridgehead atoms. The number of pyridine rings is 1. The largest absolute Gasteiger partial charge is 0.481 e. The van der Waals surface area contributed by atoms with Crippen molar-refractivity contribution in [3.8, 4) is 5.88 Å². The molecular weight excluding hydrogens is 232 g/mol. The summed E-state index contributed by atoms with van der Waals surface area (Å²) >= 11 is 0. The lowest BCUT2D eigenvalue weighted by Gasteiger charge is -2.15. The van der Waals surface area contributed by atoms with Crippen LogP contribution in [-0.4, -0.2) is 47.2 Å². The van der Waals surface area contributed by atoms with Crippen LogP contribution in [0.1, 0.15) is 18.4 Å². The maximum atomic E-state index is 10.5. The summed E-state index contributed by atoms with van der Waals surface area (Å²) in [5.41, 5.74) is 0.685. The van der Waals surface area contributed by atoms with Crippen molar-refractivity contribution in [1.82, 2.24) is 9.88 Å². The summed E-state index contributed by atoms with van der Waals surface area (Å²) in [5.74, 6) is -0.301. The van der Waals surface area contributed by atoms with Gasteiger partial charge in [0.05, 0.1) is 6.42 Å². The Morgan fingerprint density at radius 1 is 1.56 bits per heavy atom. The molecule has 5 nitrogen and oxygen atoms in total. The Bertz CT molecular complexity index is 401. The second kappa shape index (κ2) is 5.82. The molecule has 1 aliphatic carbocycles. The van der Waals surface area contributed by atoms with Gasteiger partial charge in [0.1, 0.15) is 6.61 Å². The highest BCUT2D eigenvalue weighted by Gasteiger charge is 2.25. The third-order valence-electron chi connectivity index (χ3n) is 3.02. The van der Waals surface area contributed by atoms with Gasteiger partial charge in [0.25, 0.3) is 0 Å². The molecule has 1 aromatic rings. The van der Waals surface area contributed by atoms with Crippen LogP contribution in [0.25, 0.3) is 0 Å². The number of aliphatic carboxylic acids is 1. The van der Waals surface area contributed by atoms with E-state index in [-0.39, 0.29) is 6.42 Å². The van der Waals surface area contributed by atoms with E-state index in [0.29, 0.717) is 18.1 Å². The van der Waals surface area contributed by atoms with Crippen LogP contribution in [0.5, 0.6) is 5.88 Å². The van der Waals surface area contributed by atoms with Gasteiger partial charge in [-0.15, -0.1) is 0 Å². The molecule has 2 rings (SSSR count). The number of carboxylic acid groups (broad SMARTS) is 1. The van der Waals surface area contributed by atoms with E-state index in [4.69, 9.17) is 9.84 Å². The van der Waals surface area contributed by atoms with Crippen LogP contribution in [0, 0.1) is 0 Å². The smallest absolute Gasteiger partial charge is 0.307 e. The van der Waals surface area contributed by atoms with E-state index in [9.17, 15) is 4.79 Å². The molecule has 0 saturated heterocycles. The van der Waals surface area contributed by atoms with Crippen LogP contribution >= 0.6 is 0 Å².